The number of hydrogen-bond acceptors (Lipinski definition) is 2. The Balaban J connectivity index is 1.63. The van der Waals surface area contributed by atoms with E-state index in [1.54, 1.807) is 0 Å². The molecule has 1 amide bonds. The van der Waals surface area contributed by atoms with Gasteiger partial charge in [-0.25, -0.2) is 4.99 Å². The Bertz CT molecular complexity index is 797. The first-order valence-electron chi connectivity index (χ1n) is 9.55. The maximum atomic E-state index is 11.2. The SMILES string of the molecule is CCNC(=NCc1cccc(NC(C)=O)c1)NCC1(c2ccccc2)CC1. The quantitative estimate of drug-likeness (QED) is 0.521. The minimum atomic E-state index is -0.0682. The number of benzene rings is 2. The van der Waals surface area contributed by atoms with Crippen molar-refractivity contribution in [3.05, 3.63) is 65.7 Å². The molecular formula is C22H28N4O. The van der Waals surface area contributed by atoms with Crippen LogP contribution in [0.5, 0.6) is 0 Å². The Morgan fingerprint density at radius 3 is 2.52 bits per heavy atom. The van der Waals surface area contributed by atoms with Crippen LogP contribution in [-0.2, 0) is 16.8 Å². The zero-order chi connectivity index (χ0) is 19.1. The number of guanidine groups is 1. The first-order chi connectivity index (χ1) is 13.1. The maximum absolute atomic E-state index is 11.2. The van der Waals surface area contributed by atoms with Gasteiger partial charge < -0.3 is 16.0 Å². The number of amides is 1. The molecule has 1 fully saturated rings. The van der Waals surface area contributed by atoms with E-state index in [4.69, 9.17) is 4.99 Å². The van der Waals surface area contributed by atoms with Crippen LogP contribution >= 0.6 is 0 Å². The lowest BCUT2D eigenvalue weighted by Crippen LogP contribution is -2.41. The average Bonchev–Trinajstić information content (AvgIpc) is 3.46. The van der Waals surface area contributed by atoms with E-state index < -0.39 is 0 Å². The molecule has 0 unspecified atom stereocenters. The van der Waals surface area contributed by atoms with Gasteiger partial charge in [-0.2, -0.15) is 0 Å². The summed E-state index contributed by atoms with van der Waals surface area (Å²) in [6.45, 7) is 5.84. The Morgan fingerprint density at radius 2 is 1.85 bits per heavy atom. The lowest BCUT2D eigenvalue weighted by atomic mass is 9.96. The van der Waals surface area contributed by atoms with Gasteiger partial charge in [0.25, 0.3) is 0 Å². The van der Waals surface area contributed by atoms with Gasteiger partial charge in [0.2, 0.25) is 5.91 Å². The molecule has 1 aliphatic carbocycles. The van der Waals surface area contributed by atoms with Crippen molar-refractivity contribution in [2.24, 2.45) is 4.99 Å². The third kappa shape index (κ3) is 5.33. The topological polar surface area (TPSA) is 65.5 Å². The fraction of sp³-hybridized carbons (Fsp3) is 0.364. The van der Waals surface area contributed by atoms with Gasteiger partial charge in [0.1, 0.15) is 0 Å². The number of rotatable bonds is 7. The van der Waals surface area contributed by atoms with E-state index in [-0.39, 0.29) is 11.3 Å². The van der Waals surface area contributed by atoms with Crippen molar-refractivity contribution in [3.8, 4) is 0 Å². The molecule has 0 saturated heterocycles. The van der Waals surface area contributed by atoms with Crippen molar-refractivity contribution in [1.82, 2.24) is 10.6 Å². The van der Waals surface area contributed by atoms with Crippen LogP contribution in [0.25, 0.3) is 0 Å². The van der Waals surface area contributed by atoms with E-state index in [0.717, 1.165) is 30.3 Å². The summed E-state index contributed by atoms with van der Waals surface area (Å²) in [5, 5.41) is 9.64. The Labute approximate surface area is 161 Å². The van der Waals surface area contributed by atoms with Crippen LogP contribution in [0, 0.1) is 0 Å². The zero-order valence-electron chi connectivity index (χ0n) is 16.1. The molecule has 5 nitrogen and oxygen atoms in total. The van der Waals surface area contributed by atoms with E-state index in [0.29, 0.717) is 6.54 Å². The molecule has 27 heavy (non-hydrogen) atoms. The molecule has 3 N–H and O–H groups in total. The number of aliphatic imine (C=N–C) groups is 1. The van der Waals surface area contributed by atoms with Crippen molar-refractivity contribution in [3.63, 3.8) is 0 Å². The van der Waals surface area contributed by atoms with Gasteiger partial charge in [-0.1, -0.05) is 42.5 Å². The molecule has 142 valence electrons. The van der Waals surface area contributed by atoms with Gasteiger partial charge in [0.05, 0.1) is 6.54 Å². The molecule has 1 aliphatic rings. The van der Waals surface area contributed by atoms with E-state index in [1.807, 2.05) is 24.3 Å². The number of hydrogen-bond donors (Lipinski definition) is 3. The Kier molecular flexibility index (Phi) is 6.12. The highest BCUT2D eigenvalue weighted by atomic mass is 16.1. The molecule has 0 spiro atoms. The minimum absolute atomic E-state index is 0.0682. The maximum Gasteiger partial charge on any atom is 0.221 e. The molecule has 2 aromatic rings. The fourth-order valence-corrected chi connectivity index (χ4v) is 3.23. The second kappa shape index (κ2) is 8.71. The number of carbonyl (C=O) groups is 1. The summed E-state index contributed by atoms with van der Waals surface area (Å²) in [6, 6.07) is 18.5. The van der Waals surface area contributed by atoms with Crippen molar-refractivity contribution in [1.29, 1.82) is 0 Å². The average molecular weight is 364 g/mol. The minimum Gasteiger partial charge on any atom is -0.357 e. The summed E-state index contributed by atoms with van der Waals surface area (Å²) in [5.74, 6) is 0.755. The summed E-state index contributed by atoms with van der Waals surface area (Å²) in [4.78, 5) is 15.9. The lowest BCUT2D eigenvalue weighted by molar-refractivity contribution is -0.114. The number of anilines is 1. The lowest BCUT2D eigenvalue weighted by Gasteiger charge is -2.19. The van der Waals surface area contributed by atoms with Gasteiger partial charge in [0, 0.05) is 31.1 Å². The second-order valence-corrected chi connectivity index (χ2v) is 7.08. The standard InChI is InChI=1S/C22H28N4O/c1-3-23-21(24-15-18-8-7-11-20(14-18)26-17(2)27)25-16-22(12-13-22)19-9-5-4-6-10-19/h4-11,14H,3,12-13,15-16H2,1-2H3,(H,26,27)(H2,23,24,25). The largest absolute Gasteiger partial charge is 0.357 e. The first-order valence-corrected chi connectivity index (χ1v) is 9.55. The van der Waals surface area contributed by atoms with Gasteiger partial charge in [-0.05, 0) is 43.0 Å². The van der Waals surface area contributed by atoms with Crippen LogP contribution in [0.1, 0.15) is 37.8 Å². The number of nitrogens with one attached hydrogen (secondary N) is 3. The predicted molar refractivity (Wildman–Crippen MR) is 111 cm³/mol. The smallest absolute Gasteiger partial charge is 0.221 e. The molecule has 0 heterocycles. The first kappa shape index (κ1) is 19.0. The van der Waals surface area contributed by atoms with E-state index >= 15 is 0 Å². The van der Waals surface area contributed by atoms with E-state index in [2.05, 4.69) is 53.2 Å². The molecule has 2 aromatic carbocycles. The molecule has 0 aliphatic heterocycles. The van der Waals surface area contributed by atoms with Gasteiger partial charge in [0.15, 0.2) is 5.96 Å². The highest BCUT2D eigenvalue weighted by Crippen LogP contribution is 2.47. The molecular weight excluding hydrogens is 336 g/mol. The van der Waals surface area contributed by atoms with Gasteiger partial charge in [-0.3, -0.25) is 4.79 Å². The monoisotopic (exact) mass is 364 g/mol. The molecule has 5 heteroatoms. The molecule has 0 aromatic heterocycles. The van der Waals surface area contributed by atoms with Crippen LogP contribution < -0.4 is 16.0 Å². The highest BCUT2D eigenvalue weighted by molar-refractivity contribution is 5.88. The summed E-state index contributed by atoms with van der Waals surface area (Å²) < 4.78 is 0. The molecule has 0 atom stereocenters. The van der Waals surface area contributed by atoms with Crippen LogP contribution in [0.15, 0.2) is 59.6 Å². The highest BCUT2D eigenvalue weighted by Gasteiger charge is 2.43. The summed E-state index contributed by atoms with van der Waals surface area (Å²) in [6.07, 6.45) is 2.42. The summed E-state index contributed by atoms with van der Waals surface area (Å²) in [7, 11) is 0. The van der Waals surface area contributed by atoms with Crippen LogP contribution in [0.3, 0.4) is 0 Å². The van der Waals surface area contributed by atoms with Crippen molar-refractivity contribution < 1.29 is 4.79 Å². The van der Waals surface area contributed by atoms with Crippen molar-refractivity contribution in [2.75, 3.05) is 18.4 Å². The third-order valence-electron chi connectivity index (χ3n) is 4.85. The molecule has 3 rings (SSSR count). The van der Waals surface area contributed by atoms with E-state index in [9.17, 15) is 4.79 Å². The van der Waals surface area contributed by atoms with Crippen LogP contribution in [0.2, 0.25) is 0 Å². The number of nitrogens with zero attached hydrogens (tertiary/aromatic N) is 1. The van der Waals surface area contributed by atoms with Crippen molar-refractivity contribution >= 4 is 17.6 Å². The normalized spacial score (nSPS) is 15.1. The second-order valence-electron chi connectivity index (χ2n) is 7.08. The fourth-order valence-electron chi connectivity index (χ4n) is 3.23. The molecule has 1 saturated carbocycles. The number of carbonyl (C=O) groups excluding carboxylic acids is 1. The van der Waals surface area contributed by atoms with Gasteiger partial charge in [-0.15, -0.1) is 0 Å². The molecule has 0 radical (unpaired) electrons. The Hall–Kier alpha value is -2.82. The summed E-state index contributed by atoms with van der Waals surface area (Å²) >= 11 is 0. The van der Waals surface area contributed by atoms with E-state index in [1.165, 1.54) is 25.3 Å². The predicted octanol–water partition coefficient (Wildman–Crippen LogP) is 3.43. The molecule has 0 bridgehead atoms. The van der Waals surface area contributed by atoms with Crippen LogP contribution in [-0.4, -0.2) is 25.0 Å². The Morgan fingerprint density at radius 1 is 1.07 bits per heavy atom. The van der Waals surface area contributed by atoms with Crippen molar-refractivity contribution in [2.45, 2.75) is 38.6 Å². The van der Waals surface area contributed by atoms with Crippen LogP contribution in [0.4, 0.5) is 5.69 Å². The summed E-state index contributed by atoms with van der Waals surface area (Å²) in [5.41, 5.74) is 3.50. The van der Waals surface area contributed by atoms with Gasteiger partial charge >= 0.3 is 0 Å². The zero-order valence-corrected chi connectivity index (χ0v) is 16.1. The third-order valence-corrected chi connectivity index (χ3v) is 4.85.